The zero-order valence-electron chi connectivity index (χ0n) is 12.5. The molecule has 0 radical (unpaired) electrons. The molecule has 0 bridgehead atoms. The molecule has 0 unspecified atom stereocenters. The van der Waals surface area contributed by atoms with Gasteiger partial charge in [-0.25, -0.2) is 0 Å². The zero-order valence-corrected chi connectivity index (χ0v) is 12.5. The Labute approximate surface area is 125 Å². The van der Waals surface area contributed by atoms with Crippen LogP contribution in [0, 0.1) is 13.8 Å². The lowest BCUT2D eigenvalue weighted by molar-refractivity contribution is -0.253. The Morgan fingerprint density at radius 3 is 2.32 bits per heavy atom. The van der Waals surface area contributed by atoms with Crippen molar-refractivity contribution >= 4 is 11.7 Å². The lowest BCUT2D eigenvalue weighted by Crippen LogP contribution is -2.48. The molecule has 22 heavy (non-hydrogen) atoms. The van der Waals surface area contributed by atoms with E-state index in [9.17, 15) is 27.9 Å². The maximum atomic E-state index is 12.8. The maximum absolute atomic E-state index is 12.8. The van der Waals surface area contributed by atoms with Crippen molar-refractivity contribution in [2.75, 3.05) is 13.1 Å². The fourth-order valence-electron chi connectivity index (χ4n) is 2.85. The summed E-state index contributed by atoms with van der Waals surface area (Å²) in [4.78, 5) is 27.6. The molecule has 0 saturated carbocycles. The van der Waals surface area contributed by atoms with Crippen molar-refractivity contribution in [2.45, 2.75) is 39.0 Å². The molecule has 1 aliphatic heterocycles. The average molecular weight is 318 g/mol. The standard InChI is InChI=1S/C14H17F3N2O3/c1-7-10(9(3)20)8(2)18-11(7)12(21)19-5-4-13(22,6-19)14(15,16)17/h18,22H,4-6H2,1-3H3/t13-/m0/s1. The number of rotatable bonds is 2. The number of H-pyrrole nitrogens is 1. The third-order valence-corrected chi connectivity index (χ3v) is 4.07. The number of Topliss-reactive ketones (excluding diaryl/α,β-unsaturated/α-hetero) is 1. The van der Waals surface area contributed by atoms with E-state index in [2.05, 4.69) is 4.98 Å². The van der Waals surface area contributed by atoms with Crippen LogP contribution >= 0.6 is 0 Å². The molecule has 2 heterocycles. The average Bonchev–Trinajstić information content (AvgIpc) is 2.90. The van der Waals surface area contributed by atoms with Crippen molar-refractivity contribution in [1.29, 1.82) is 0 Å². The third-order valence-electron chi connectivity index (χ3n) is 4.07. The second-order valence-corrected chi connectivity index (χ2v) is 5.69. The smallest absolute Gasteiger partial charge is 0.379 e. The largest absolute Gasteiger partial charge is 0.419 e. The molecule has 122 valence electrons. The molecule has 5 nitrogen and oxygen atoms in total. The number of aromatic nitrogens is 1. The Balaban J connectivity index is 2.28. The van der Waals surface area contributed by atoms with E-state index in [1.54, 1.807) is 13.8 Å². The number of amides is 1. The number of nitrogens with zero attached hydrogens (tertiary/aromatic N) is 1. The number of alkyl halides is 3. The molecule has 1 saturated heterocycles. The number of aromatic amines is 1. The number of nitrogens with one attached hydrogen (secondary N) is 1. The van der Waals surface area contributed by atoms with E-state index < -0.39 is 30.7 Å². The van der Waals surface area contributed by atoms with Gasteiger partial charge in [0.2, 0.25) is 0 Å². The van der Waals surface area contributed by atoms with E-state index in [4.69, 9.17) is 0 Å². The Morgan fingerprint density at radius 2 is 1.91 bits per heavy atom. The van der Waals surface area contributed by atoms with Crippen LogP contribution in [0.3, 0.4) is 0 Å². The minimum absolute atomic E-state index is 0.0918. The lowest BCUT2D eigenvalue weighted by atomic mass is 10.0. The van der Waals surface area contributed by atoms with Crippen LogP contribution in [-0.4, -0.2) is 51.5 Å². The predicted octanol–water partition coefficient (Wildman–Crippen LogP) is 1.97. The quantitative estimate of drug-likeness (QED) is 0.819. The summed E-state index contributed by atoms with van der Waals surface area (Å²) in [7, 11) is 0. The van der Waals surface area contributed by atoms with Gasteiger partial charge in [-0.3, -0.25) is 9.59 Å². The highest BCUT2D eigenvalue weighted by atomic mass is 19.4. The second kappa shape index (κ2) is 5.12. The molecule has 1 aromatic heterocycles. The number of halogens is 3. The minimum atomic E-state index is -4.78. The van der Waals surface area contributed by atoms with Gasteiger partial charge in [0, 0.05) is 24.2 Å². The van der Waals surface area contributed by atoms with Crippen LogP contribution in [0.15, 0.2) is 0 Å². The van der Waals surface area contributed by atoms with Gasteiger partial charge in [0.25, 0.3) is 5.91 Å². The molecule has 1 aromatic rings. The van der Waals surface area contributed by atoms with E-state index in [0.717, 1.165) is 4.90 Å². The van der Waals surface area contributed by atoms with Crippen molar-refractivity contribution in [3.63, 3.8) is 0 Å². The SMILES string of the molecule is CC(=O)c1c(C)[nH]c(C(=O)N2CC[C@@](O)(C(F)(F)F)C2)c1C. The highest BCUT2D eigenvalue weighted by molar-refractivity contribution is 6.02. The number of likely N-dealkylation sites (tertiary alicyclic amines) is 1. The van der Waals surface area contributed by atoms with Gasteiger partial charge in [-0.15, -0.1) is 0 Å². The van der Waals surface area contributed by atoms with Crippen molar-refractivity contribution in [3.8, 4) is 0 Å². The van der Waals surface area contributed by atoms with Gasteiger partial charge in [-0.1, -0.05) is 0 Å². The second-order valence-electron chi connectivity index (χ2n) is 5.69. The summed E-state index contributed by atoms with van der Waals surface area (Å²) in [6.07, 6.45) is -5.34. The van der Waals surface area contributed by atoms with Crippen LogP contribution < -0.4 is 0 Å². The summed E-state index contributed by atoms with van der Waals surface area (Å²) in [6.45, 7) is 3.55. The molecule has 1 atom stereocenters. The number of hydrogen-bond acceptors (Lipinski definition) is 3. The van der Waals surface area contributed by atoms with Crippen LogP contribution in [0.4, 0.5) is 13.2 Å². The first kappa shape index (κ1) is 16.5. The molecule has 8 heteroatoms. The summed E-state index contributed by atoms with van der Waals surface area (Å²) in [5.74, 6) is -0.869. The minimum Gasteiger partial charge on any atom is -0.379 e. The molecule has 2 N–H and O–H groups in total. The first-order chi connectivity index (χ1) is 9.98. The van der Waals surface area contributed by atoms with Crippen LogP contribution in [0.5, 0.6) is 0 Å². The van der Waals surface area contributed by atoms with Gasteiger partial charge in [0.1, 0.15) is 5.69 Å². The van der Waals surface area contributed by atoms with Gasteiger partial charge in [-0.05, 0) is 26.3 Å². The Morgan fingerprint density at radius 1 is 1.32 bits per heavy atom. The fourth-order valence-corrected chi connectivity index (χ4v) is 2.85. The van der Waals surface area contributed by atoms with Crippen LogP contribution in [0.1, 0.15) is 45.4 Å². The number of aliphatic hydroxyl groups is 1. The summed E-state index contributed by atoms with van der Waals surface area (Å²) in [5, 5.41) is 9.63. The van der Waals surface area contributed by atoms with E-state index in [0.29, 0.717) is 16.8 Å². The first-order valence-corrected chi connectivity index (χ1v) is 6.76. The third kappa shape index (κ3) is 2.51. The van der Waals surface area contributed by atoms with E-state index in [-0.39, 0.29) is 18.0 Å². The molecule has 0 aliphatic carbocycles. The van der Waals surface area contributed by atoms with Gasteiger partial charge >= 0.3 is 6.18 Å². The van der Waals surface area contributed by atoms with E-state index >= 15 is 0 Å². The monoisotopic (exact) mass is 318 g/mol. The molecular formula is C14H17F3N2O3. The van der Waals surface area contributed by atoms with Crippen molar-refractivity contribution in [2.24, 2.45) is 0 Å². The van der Waals surface area contributed by atoms with Crippen molar-refractivity contribution in [3.05, 3.63) is 22.5 Å². The van der Waals surface area contributed by atoms with Gasteiger partial charge < -0.3 is 15.0 Å². The number of hydrogen-bond donors (Lipinski definition) is 2. The number of aryl methyl sites for hydroxylation is 1. The molecule has 2 rings (SSSR count). The Bertz CT molecular complexity index is 636. The highest BCUT2D eigenvalue weighted by Crippen LogP contribution is 2.38. The number of carbonyl (C=O) groups excluding carboxylic acids is 2. The van der Waals surface area contributed by atoms with Gasteiger partial charge in [0.15, 0.2) is 11.4 Å². The van der Waals surface area contributed by atoms with Crippen LogP contribution in [0.2, 0.25) is 0 Å². The summed E-state index contributed by atoms with van der Waals surface area (Å²) in [5.41, 5.74) is -1.50. The van der Waals surface area contributed by atoms with Crippen molar-refractivity contribution in [1.82, 2.24) is 9.88 Å². The van der Waals surface area contributed by atoms with Crippen LogP contribution in [0.25, 0.3) is 0 Å². The first-order valence-electron chi connectivity index (χ1n) is 6.76. The molecule has 0 aromatic carbocycles. The Hall–Kier alpha value is -1.83. The lowest BCUT2D eigenvalue weighted by Gasteiger charge is -2.25. The number of ketones is 1. The molecular weight excluding hydrogens is 301 g/mol. The van der Waals surface area contributed by atoms with E-state index in [1.807, 2.05) is 0 Å². The molecule has 1 amide bonds. The Kier molecular flexibility index (Phi) is 3.85. The fraction of sp³-hybridized carbons (Fsp3) is 0.571. The number of β-amino-alcohol motifs (C(OH)–C–C–N with tert-alkyl or cyclic N) is 1. The van der Waals surface area contributed by atoms with E-state index in [1.165, 1.54) is 6.92 Å². The van der Waals surface area contributed by atoms with Gasteiger partial charge in [-0.2, -0.15) is 13.2 Å². The van der Waals surface area contributed by atoms with Gasteiger partial charge in [0.05, 0.1) is 6.54 Å². The summed E-state index contributed by atoms with van der Waals surface area (Å²) >= 11 is 0. The van der Waals surface area contributed by atoms with Crippen molar-refractivity contribution < 1.29 is 27.9 Å². The predicted molar refractivity (Wildman–Crippen MR) is 71.8 cm³/mol. The summed E-state index contributed by atoms with van der Waals surface area (Å²) in [6, 6.07) is 0. The maximum Gasteiger partial charge on any atom is 0.419 e. The topological polar surface area (TPSA) is 73.4 Å². The molecule has 0 spiro atoms. The normalized spacial score (nSPS) is 22.2. The summed E-state index contributed by atoms with van der Waals surface area (Å²) < 4.78 is 38.4. The molecule has 1 fully saturated rings. The van der Waals surface area contributed by atoms with Crippen LogP contribution in [-0.2, 0) is 0 Å². The highest BCUT2D eigenvalue weighted by Gasteiger charge is 2.58. The zero-order chi connectivity index (χ0) is 16.9. The molecule has 1 aliphatic rings. The number of carbonyl (C=O) groups is 2.